The third-order valence-electron chi connectivity index (χ3n) is 2.15. The highest BCUT2D eigenvalue weighted by Gasteiger charge is 2.20. The van der Waals surface area contributed by atoms with Crippen LogP contribution in [0.5, 0.6) is 0 Å². The van der Waals surface area contributed by atoms with Crippen LogP contribution in [0.4, 0.5) is 9.80 Å². The van der Waals surface area contributed by atoms with Gasteiger partial charge in [0.2, 0.25) is 0 Å². The van der Waals surface area contributed by atoms with Crippen molar-refractivity contribution in [1.82, 2.24) is 10.4 Å². The number of hydrogen-bond acceptors (Lipinski definition) is 4. The maximum Gasteiger partial charge on any atom is 0.338 e. The molecule has 0 fully saturated rings. The van der Waals surface area contributed by atoms with Gasteiger partial charge in [-0.25, -0.2) is 14.6 Å². The van der Waals surface area contributed by atoms with Crippen molar-refractivity contribution < 1.29 is 14.7 Å². The zero-order chi connectivity index (χ0) is 13.2. The number of urea groups is 1. The minimum Gasteiger partial charge on any atom is -0.478 e. The molecule has 0 radical (unpaired) electrons. The number of nitrogens with one attached hydrogen (secondary N) is 2. The lowest BCUT2D eigenvalue weighted by Gasteiger charge is -2.12. The fraction of sp³-hybridized carbons (Fsp3) is 0.400. The average Bonchev–Trinajstić information content (AvgIpc) is 2.40. The van der Waals surface area contributed by atoms with E-state index in [1.54, 1.807) is 21.0 Å². The second-order valence-electron chi connectivity index (χ2n) is 3.75. The van der Waals surface area contributed by atoms with E-state index in [-0.39, 0.29) is 5.56 Å². The van der Waals surface area contributed by atoms with Crippen LogP contribution >= 0.6 is 11.3 Å². The van der Waals surface area contributed by atoms with Gasteiger partial charge in [-0.1, -0.05) is 0 Å². The number of carboxylic acids is 1. The molecule has 3 N–H and O–H groups in total. The van der Waals surface area contributed by atoms with Crippen LogP contribution in [0.1, 0.15) is 20.8 Å². The summed E-state index contributed by atoms with van der Waals surface area (Å²) in [4.78, 5) is 23.4. The Balaban J connectivity index is 2.95. The SMILES string of the molecule is Cc1sc(NC(=O)NN(C)C)c(C(=O)O)c1C. The van der Waals surface area contributed by atoms with E-state index in [4.69, 9.17) is 5.11 Å². The van der Waals surface area contributed by atoms with Gasteiger partial charge in [-0.2, -0.15) is 0 Å². The van der Waals surface area contributed by atoms with Gasteiger partial charge in [-0.3, -0.25) is 10.7 Å². The van der Waals surface area contributed by atoms with Crippen LogP contribution in [0, 0.1) is 13.8 Å². The highest BCUT2D eigenvalue weighted by atomic mass is 32.1. The summed E-state index contributed by atoms with van der Waals surface area (Å²) in [5.74, 6) is -1.04. The van der Waals surface area contributed by atoms with Crippen molar-refractivity contribution in [2.75, 3.05) is 19.4 Å². The molecule has 0 spiro atoms. The second-order valence-corrected chi connectivity index (χ2v) is 4.98. The van der Waals surface area contributed by atoms with E-state index in [1.165, 1.54) is 16.3 Å². The fourth-order valence-corrected chi connectivity index (χ4v) is 2.35. The molecule has 6 nitrogen and oxygen atoms in total. The Morgan fingerprint density at radius 3 is 2.35 bits per heavy atom. The number of aromatic carboxylic acids is 1. The number of hydrazine groups is 1. The maximum atomic E-state index is 11.5. The lowest BCUT2D eigenvalue weighted by molar-refractivity contribution is 0.0697. The van der Waals surface area contributed by atoms with Crippen LogP contribution in [0.2, 0.25) is 0 Å². The Hall–Kier alpha value is -1.60. The summed E-state index contributed by atoms with van der Waals surface area (Å²) in [6.45, 7) is 3.55. The van der Waals surface area contributed by atoms with Crippen molar-refractivity contribution >= 4 is 28.3 Å². The summed E-state index contributed by atoms with van der Waals surface area (Å²) in [5, 5.41) is 13.4. The summed E-state index contributed by atoms with van der Waals surface area (Å²) in [6.07, 6.45) is 0. The maximum absolute atomic E-state index is 11.5. The Morgan fingerprint density at radius 1 is 1.29 bits per heavy atom. The van der Waals surface area contributed by atoms with Crippen molar-refractivity contribution in [2.45, 2.75) is 13.8 Å². The van der Waals surface area contributed by atoms with E-state index >= 15 is 0 Å². The van der Waals surface area contributed by atoms with E-state index < -0.39 is 12.0 Å². The zero-order valence-electron chi connectivity index (χ0n) is 10.1. The van der Waals surface area contributed by atoms with Crippen LogP contribution in [0.25, 0.3) is 0 Å². The Bertz CT molecular complexity index is 454. The topological polar surface area (TPSA) is 81.7 Å². The van der Waals surface area contributed by atoms with Crippen molar-refractivity contribution in [1.29, 1.82) is 0 Å². The normalized spacial score (nSPS) is 10.4. The van der Waals surface area contributed by atoms with E-state index in [9.17, 15) is 9.59 Å². The largest absolute Gasteiger partial charge is 0.478 e. The predicted molar refractivity (Wildman–Crippen MR) is 66.6 cm³/mol. The Labute approximate surface area is 103 Å². The number of thiophene rings is 1. The van der Waals surface area contributed by atoms with Crippen molar-refractivity contribution in [2.24, 2.45) is 0 Å². The van der Waals surface area contributed by atoms with Crippen molar-refractivity contribution in [3.05, 3.63) is 16.0 Å². The molecular formula is C10H15N3O3S. The van der Waals surface area contributed by atoms with Gasteiger partial charge in [-0.15, -0.1) is 11.3 Å². The first-order valence-electron chi connectivity index (χ1n) is 4.91. The van der Waals surface area contributed by atoms with Gasteiger partial charge in [-0.05, 0) is 19.4 Å². The minimum absolute atomic E-state index is 0.154. The first-order chi connectivity index (χ1) is 7.82. The number of carboxylic acid groups (broad SMARTS) is 1. The first kappa shape index (κ1) is 13.5. The van der Waals surface area contributed by atoms with Gasteiger partial charge in [0.15, 0.2) is 0 Å². The second kappa shape index (κ2) is 5.15. The van der Waals surface area contributed by atoms with E-state index in [0.29, 0.717) is 10.6 Å². The molecular weight excluding hydrogens is 242 g/mol. The zero-order valence-corrected chi connectivity index (χ0v) is 10.9. The molecule has 17 heavy (non-hydrogen) atoms. The van der Waals surface area contributed by atoms with Gasteiger partial charge in [0.1, 0.15) is 5.00 Å². The van der Waals surface area contributed by atoms with Crippen LogP contribution in [-0.2, 0) is 0 Å². The Kier molecular flexibility index (Phi) is 4.08. The molecule has 1 rings (SSSR count). The monoisotopic (exact) mass is 257 g/mol. The molecule has 0 unspecified atom stereocenters. The number of aryl methyl sites for hydroxylation is 1. The quantitative estimate of drug-likeness (QED) is 0.719. The number of amides is 2. The number of nitrogens with zero attached hydrogens (tertiary/aromatic N) is 1. The number of hydrogen-bond donors (Lipinski definition) is 3. The molecule has 94 valence electrons. The van der Waals surface area contributed by atoms with E-state index in [1.807, 2.05) is 6.92 Å². The van der Waals surface area contributed by atoms with E-state index in [2.05, 4.69) is 10.7 Å². The molecule has 0 aliphatic carbocycles. The van der Waals surface area contributed by atoms with Crippen LogP contribution in [0.15, 0.2) is 0 Å². The standard InChI is InChI=1S/C10H15N3O3S/c1-5-6(2)17-8(7(5)9(14)15)11-10(16)12-13(3)4/h1-4H3,(H,14,15)(H2,11,12,16). The molecule has 0 aromatic carbocycles. The molecule has 1 aromatic rings. The molecule has 1 heterocycles. The summed E-state index contributed by atoms with van der Waals surface area (Å²) in [6, 6.07) is -0.459. The molecule has 0 saturated heterocycles. The van der Waals surface area contributed by atoms with Gasteiger partial charge < -0.3 is 5.11 Å². The fourth-order valence-electron chi connectivity index (χ4n) is 1.31. The number of anilines is 1. The molecule has 1 aromatic heterocycles. The highest BCUT2D eigenvalue weighted by Crippen LogP contribution is 2.32. The number of carbonyl (C=O) groups excluding carboxylic acids is 1. The van der Waals surface area contributed by atoms with Gasteiger partial charge in [0, 0.05) is 19.0 Å². The van der Waals surface area contributed by atoms with Gasteiger partial charge in [0.05, 0.1) is 5.56 Å². The molecule has 0 aliphatic rings. The number of carbonyl (C=O) groups is 2. The van der Waals surface area contributed by atoms with Gasteiger partial charge >= 0.3 is 12.0 Å². The molecule has 0 bridgehead atoms. The molecule has 0 atom stereocenters. The van der Waals surface area contributed by atoms with Crippen LogP contribution < -0.4 is 10.7 Å². The summed E-state index contributed by atoms with van der Waals surface area (Å²) in [7, 11) is 3.34. The average molecular weight is 257 g/mol. The minimum atomic E-state index is -1.04. The first-order valence-corrected chi connectivity index (χ1v) is 5.72. The lowest BCUT2D eigenvalue weighted by atomic mass is 10.1. The predicted octanol–water partition coefficient (Wildman–Crippen LogP) is 1.66. The molecule has 0 saturated carbocycles. The molecule has 7 heteroatoms. The molecule has 2 amide bonds. The summed E-state index contributed by atoms with van der Waals surface area (Å²) in [5.41, 5.74) is 3.32. The third kappa shape index (κ3) is 3.18. The number of rotatable bonds is 3. The highest BCUT2D eigenvalue weighted by molar-refractivity contribution is 7.16. The summed E-state index contributed by atoms with van der Waals surface area (Å²) < 4.78 is 0. The smallest absolute Gasteiger partial charge is 0.338 e. The third-order valence-corrected chi connectivity index (χ3v) is 3.27. The summed E-state index contributed by atoms with van der Waals surface area (Å²) >= 11 is 1.25. The lowest BCUT2D eigenvalue weighted by Crippen LogP contribution is -2.39. The van der Waals surface area contributed by atoms with Crippen molar-refractivity contribution in [3.8, 4) is 0 Å². The Morgan fingerprint density at radius 2 is 1.88 bits per heavy atom. The van der Waals surface area contributed by atoms with Crippen LogP contribution in [-0.4, -0.2) is 36.2 Å². The van der Waals surface area contributed by atoms with Crippen LogP contribution in [0.3, 0.4) is 0 Å². The van der Waals surface area contributed by atoms with Crippen molar-refractivity contribution in [3.63, 3.8) is 0 Å². The van der Waals surface area contributed by atoms with Gasteiger partial charge in [0.25, 0.3) is 0 Å². The van der Waals surface area contributed by atoms with E-state index in [0.717, 1.165) is 4.88 Å². The molecule has 0 aliphatic heterocycles.